The highest BCUT2D eigenvalue weighted by molar-refractivity contribution is 5.99. The third-order valence-corrected chi connectivity index (χ3v) is 2.43. The Morgan fingerprint density at radius 1 is 1.47 bits per heavy atom. The monoisotopic (exact) mass is 270 g/mol. The maximum atomic E-state index is 13.0. The normalized spacial score (nSPS) is 10.1. The van der Waals surface area contributed by atoms with Crippen molar-refractivity contribution in [3.05, 3.63) is 29.6 Å². The van der Waals surface area contributed by atoms with Gasteiger partial charge in [0.2, 0.25) is 0 Å². The van der Waals surface area contributed by atoms with Crippen molar-refractivity contribution in [2.45, 2.75) is 0 Å². The number of carbonyl (C=O) groups is 2. The van der Waals surface area contributed by atoms with Gasteiger partial charge in [-0.1, -0.05) is 0 Å². The summed E-state index contributed by atoms with van der Waals surface area (Å²) in [5.41, 5.74) is -0.253. The zero-order chi connectivity index (χ0) is 14.4. The van der Waals surface area contributed by atoms with Crippen molar-refractivity contribution < 1.29 is 23.8 Å². The summed E-state index contributed by atoms with van der Waals surface area (Å²) in [5, 5.41) is 11.3. The molecular weight excluding hydrogens is 255 g/mol. The van der Waals surface area contributed by atoms with Gasteiger partial charge >= 0.3 is 12.0 Å². The van der Waals surface area contributed by atoms with Crippen LogP contribution in [-0.2, 0) is 4.74 Å². The van der Waals surface area contributed by atoms with Gasteiger partial charge in [0.1, 0.15) is 5.82 Å². The fourth-order valence-corrected chi connectivity index (χ4v) is 1.34. The lowest BCUT2D eigenvalue weighted by Gasteiger charge is -2.18. The largest absolute Gasteiger partial charge is 0.478 e. The quantitative estimate of drug-likeness (QED) is 0.852. The van der Waals surface area contributed by atoms with E-state index in [9.17, 15) is 14.0 Å². The first-order valence-electron chi connectivity index (χ1n) is 5.49. The number of carbonyl (C=O) groups excluding carboxylic acids is 1. The molecule has 104 valence electrons. The van der Waals surface area contributed by atoms with E-state index in [1.807, 2.05) is 0 Å². The van der Waals surface area contributed by atoms with Crippen molar-refractivity contribution >= 4 is 17.7 Å². The molecule has 2 N–H and O–H groups in total. The molecular formula is C12H15FN2O4. The molecule has 0 fully saturated rings. The molecule has 0 saturated carbocycles. The Hall–Kier alpha value is -2.15. The topological polar surface area (TPSA) is 78.9 Å². The van der Waals surface area contributed by atoms with E-state index in [0.29, 0.717) is 13.2 Å². The number of nitrogens with one attached hydrogen (secondary N) is 1. The van der Waals surface area contributed by atoms with Crippen LogP contribution in [-0.4, -0.2) is 49.3 Å². The molecule has 19 heavy (non-hydrogen) atoms. The Morgan fingerprint density at radius 2 is 2.16 bits per heavy atom. The SMILES string of the molecule is COCCN(C)C(=O)Nc1ccc(F)cc1C(=O)O. The standard InChI is InChI=1S/C12H15FN2O4/c1-15(5-6-19-2)12(18)14-10-4-3-8(13)7-9(10)11(16)17/h3-4,7H,5-6H2,1-2H3,(H,14,18)(H,16,17). The van der Waals surface area contributed by atoms with Crippen LogP contribution >= 0.6 is 0 Å². The fourth-order valence-electron chi connectivity index (χ4n) is 1.34. The third-order valence-electron chi connectivity index (χ3n) is 2.43. The highest BCUT2D eigenvalue weighted by atomic mass is 19.1. The number of urea groups is 1. The Bertz CT molecular complexity index is 479. The lowest BCUT2D eigenvalue weighted by Crippen LogP contribution is -2.34. The summed E-state index contributed by atoms with van der Waals surface area (Å²) < 4.78 is 17.8. The second-order valence-electron chi connectivity index (χ2n) is 3.84. The zero-order valence-corrected chi connectivity index (χ0v) is 10.6. The van der Waals surface area contributed by atoms with Crippen LogP contribution in [0.5, 0.6) is 0 Å². The lowest BCUT2D eigenvalue weighted by molar-refractivity contribution is 0.0697. The van der Waals surface area contributed by atoms with E-state index in [1.165, 1.54) is 25.1 Å². The van der Waals surface area contributed by atoms with Crippen molar-refractivity contribution in [1.29, 1.82) is 0 Å². The number of likely N-dealkylation sites (N-methyl/N-ethyl adjacent to an activating group) is 1. The van der Waals surface area contributed by atoms with E-state index in [4.69, 9.17) is 9.84 Å². The van der Waals surface area contributed by atoms with Gasteiger partial charge in [0, 0.05) is 20.7 Å². The van der Waals surface area contributed by atoms with Crippen molar-refractivity contribution in [2.75, 3.05) is 32.6 Å². The number of aromatic carboxylic acids is 1. The molecule has 0 aromatic heterocycles. The molecule has 0 unspecified atom stereocenters. The van der Waals surface area contributed by atoms with Crippen molar-refractivity contribution in [3.63, 3.8) is 0 Å². The van der Waals surface area contributed by atoms with Gasteiger partial charge in [-0.2, -0.15) is 0 Å². The number of carboxylic acids is 1. The van der Waals surface area contributed by atoms with E-state index >= 15 is 0 Å². The van der Waals surface area contributed by atoms with Crippen LogP contribution in [0.2, 0.25) is 0 Å². The Morgan fingerprint density at radius 3 is 2.74 bits per heavy atom. The van der Waals surface area contributed by atoms with Gasteiger partial charge in [0.15, 0.2) is 0 Å². The van der Waals surface area contributed by atoms with Gasteiger partial charge in [-0.05, 0) is 18.2 Å². The van der Waals surface area contributed by atoms with Crippen molar-refractivity contribution in [1.82, 2.24) is 4.90 Å². The number of halogens is 1. The number of methoxy groups -OCH3 is 1. The van der Waals surface area contributed by atoms with Crippen LogP contribution in [0.4, 0.5) is 14.9 Å². The molecule has 7 heteroatoms. The summed E-state index contributed by atoms with van der Waals surface area (Å²) in [6.07, 6.45) is 0. The highest BCUT2D eigenvalue weighted by Crippen LogP contribution is 2.17. The molecule has 0 bridgehead atoms. The van der Waals surface area contributed by atoms with E-state index in [1.54, 1.807) is 0 Å². The second kappa shape index (κ2) is 6.69. The van der Waals surface area contributed by atoms with Crippen molar-refractivity contribution in [3.8, 4) is 0 Å². The predicted octanol–water partition coefficient (Wildman–Crippen LogP) is 1.63. The average molecular weight is 270 g/mol. The number of carboxylic acid groups (broad SMARTS) is 1. The minimum Gasteiger partial charge on any atom is -0.478 e. The summed E-state index contributed by atoms with van der Waals surface area (Å²) in [7, 11) is 3.05. The van der Waals surface area contributed by atoms with Gasteiger partial charge in [-0.15, -0.1) is 0 Å². The van der Waals surface area contributed by atoms with E-state index in [2.05, 4.69) is 5.32 Å². The maximum Gasteiger partial charge on any atom is 0.337 e. The van der Waals surface area contributed by atoms with E-state index in [0.717, 1.165) is 12.1 Å². The number of ether oxygens (including phenoxy) is 1. The molecule has 1 aromatic carbocycles. The second-order valence-corrected chi connectivity index (χ2v) is 3.84. The van der Waals surface area contributed by atoms with Crippen LogP contribution < -0.4 is 5.32 Å². The first-order chi connectivity index (χ1) is 8.95. The van der Waals surface area contributed by atoms with E-state index < -0.39 is 17.8 Å². The molecule has 0 atom stereocenters. The van der Waals surface area contributed by atoms with E-state index in [-0.39, 0.29) is 11.3 Å². The molecule has 0 saturated heterocycles. The molecule has 0 spiro atoms. The maximum absolute atomic E-state index is 13.0. The third kappa shape index (κ3) is 4.22. The number of hydrogen-bond donors (Lipinski definition) is 2. The number of amides is 2. The minimum atomic E-state index is -1.31. The van der Waals surface area contributed by atoms with Gasteiger partial charge in [-0.25, -0.2) is 14.0 Å². The Labute approximate surface area is 109 Å². The number of hydrogen-bond acceptors (Lipinski definition) is 3. The smallest absolute Gasteiger partial charge is 0.337 e. The molecule has 1 rings (SSSR count). The number of rotatable bonds is 5. The summed E-state index contributed by atoms with van der Waals surface area (Å²) in [6.45, 7) is 0.713. The zero-order valence-electron chi connectivity index (χ0n) is 10.6. The molecule has 6 nitrogen and oxygen atoms in total. The van der Waals surface area contributed by atoms with Gasteiger partial charge < -0.3 is 20.1 Å². The van der Waals surface area contributed by atoms with Gasteiger partial charge in [-0.3, -0.25) is 0 Å². The molecule has 0 aliphatic carbocycles. The van der Waals surface area contributed by atoms with Crippen LogP contribution in [0, 0.1) is 5.82 Å². The minimum absolute atomic E-state index is 0.0446. The number of nitrogens with zero attached hydrogens (tertiary/aromatic N) is 1. The molecule has 1 aromatic rings. The highest BCUT2D eigenvalue weighted by Gasteiger charge is 2.15. The van der Waals surface area contributed by atoms with Crippen LogP contribution in [0.1, 0.15) is 10.4 Å². The Kier molecular flexibility index (Phi) is 5.25. The summed E-state index contributed by atoms with van der Waals surface area (Å²) in [6, 6.07) is 2.65. The van der Waals surface area contributed by atoms with Crippen molar-refractivity contribution in [2.24, 2.45) is 0 Å². The van der Waals surface area contributed by atoms with Crippen LogP contribution in [0.25, 0.3) is 0 Å². The Balaban J connectivity index is 2.81. The van der Waals surface area contributed by atoms with Crippen LogP contribution in [0.15, 0.2) is 18.2 Å². The molecule has 0 aliphatic rings. The number of benzene rings is 1. The first kappa shape index (κ1) is 14.9. The number of anilines is 1. The average Bonchev–Trinajstić information content (AvgIpc) is 2.37. The fraction of sp³-hybridized carbons (Fsp3) is 0.333. The molecule has 2 amide bonds. The summed E-state index contributed by atoms with van der Waals surface area (Å²) >= 11 is 0. The molecule has 0 radical (unpaired) electrons. The predicted molar refractivity (Wildman–Crippen MR) is 66.9 cm³/mol. The first-order valence-corrected chi connectivity index (χ1v) is 5.49. The lowest BCUT2D eigenvalue weighted by atomic mass is 10.1. The molecule has 0 heterocycles. The van der Waals surface area contributed by atoms with Gasteiger partial charge in [0.05, 0.1) is 17.9 Å². The summed E-state index contributed by atoms with van der Waals surface area (Å²) in [4.78, 5) is 24.0. The van der Waals surface area contributed by atoms with Gasteiger partial charge in [0.25, 0.3) is 0 Å². The summed E-state index contributed by atoms with van der Waals surface area (Å²) in [5.74, 6) is -1.99. The molecule has 0 aliphatic heterocycles. The van der Waals surface area contributed by atoms with Crippen LogP contribution in [0.3, 0.4) is 0 Å².